The number of benzene rings is 2. The summed E-state index contributed by atoms with van der Waals surface area (Å²) < 4.78 is 11.2. The molecule has 0 bridgehead atoms. The first-order valence-electron chi connectivity index (χ1n) is 9.13. The van der Waals surface area contributed by atoms with E-state index in [0.717, 1.165) is 11.1 Å². The lowest BCUT2D eigenvalue weighted by Gasteiger charge is -2.22. The summed E-state index contributed by atoms with van der Waals surface area (Å²) in [5.74, 6) is 1.35. The van der Waals surface area contributed by atoms with Crippen molar-refractivity contribution in [3.8, 4) is 11.5 Å². The molecule has 26 heavy (non-hydrogen) atoms. The van der Waals surface area contributed by atoms with E-state index in [2.05, 4.69) is 53.7 Å². The molecule has 0 fully saturated rings. The Balaban J connectivity index is 2.05. The Hall–Kier alpha value is -2.29. The van der Waals surface area contributed by atoms with E-state index in [0.29, 0.717) is 17.4 Å². The maximum absolute atomic E-state index is 12.3. The Morgan fingerprint density at radius 1 is 1.04 bits per heavy atom. The van der Waals surface area contributed by atoms with E-state index in [1.54, 1.807) is 0 Å². The van der Waals surface area contributed by atoms with Gasteiger partial charge in [-0.2, -0.15) is 0 Å². The van der Waals surface area contributed by atoms with Crippen LogP contribution in [0.5, 0.6) is 11.5 Å². The summed E-state index contributed by atoms with van der Waals surface area (Å²) in [6, 6.07) is 11.8. The zero-order valence-corrected chi connectivity index (χ0v) is 17.0. The molecule has 0 saturated carbocycles. The molecule has 140 valence electrons. The first-order valence-corrected chi connectivity index (χ1v) is 9.13. The molecule has 0 saturated heterocycles. The normalized spacial score (nSPS) is 11.5. The summed E-state index contributed by atoms with van der Waals surface area (Å²) >= 11 is 0. The number of hydrogen-bond donors (Lipinski definition) is 0. The Morgan fingerprint density at radius 3 is 2.31 bits per heavy atom. The minimum atomic E-state index is -0.398. The van der Waals surface area contributed by atoms with E-state index in [1.807, 2.05) is 31.2 Å². The SMILES string of the molecule is Cc1ccc(OC(=O)COc2ccc(C(C)C)c(C)c2)c(C(C)(C)C)c1. The molecule has 0 atom stereocenters. The van der Waals surface area contributed by atoms with Crippen molar-refractivity contribution in [3.05, 3.63) is 58.7 Å². The summed E-state index contributed by atoms with van der Waals surface area (Å²) in [4.78, 5) is 12.3. The molecule has 3 heteroatoms. The first kappa shape index (κ1) is 20.0. The van der Waals surface area contributed by atoms with Gasteiger partial charge in [0.2, 0.25) is 0 Å². The fraction of sp³-hybridized carbons (Fsp3) is 0.435. The van der Waals surface area contributed by atoms with Crippen molar-refractivity contribution in [2.45, 2.75) is 59.8 Å². The summed E-state index contributed by atoms with van der Waals surface area (Å²) in [7, 11) is 0. The van der Waals surface area contributed by atoms with Gasteiger partial charge in [-0.1, -0.05) is 58.4 Å². The van der Waals surface area contributed by atoms with Gasteiger partial charge in [-0.15, -0.1) is 0 Å². The lowest BCUT2D eigenvalue weighted by molar-refractivity contribution is -0.136. The molecule has 0 aromatic heterocycles. The monoisotopic (exact) mass is 354 g/mol. The standard InChI is InChI=1S/C23H30O3/c1-15(2)19-10-9-18(13-17(19)4)25-14-22(24)26-21-11-8-16(3)12-20(21)23(5,6)7/h8-13,15H,14H2,1-7H3. The van der Waals surface area contributed by atoms with E-state index in [-0.39, 0.29) is 12.0 Å². The largest absolute Gasteiger partial charge is 0.482 e. The van der Waals surface area contributed by atoms with Gasteiger partial charge in [-0.25, -0.2) is 4.79 Å². The fourth-order valence-corrected chi connectivity index (χ4v) is 3.00. The van der Waals surface area contributed by atoms with Crippen molar-refractivity contribution in [2.24, 2.45) is 0 Å². The van der Waals surface area contributed by atoms with Gasteiger partial charge >= 0.3 is 5.97 Å². The quantitative estimate of drug-likeness (QED) is 0.510. The molecule has 2 rings (SSSR count). The van der Waals surface area contributed by atoms with Crippen LogP contribution in [-0.2, 0) is 10.2 Å². The van der Waals surface area contributed by atoms with Crippen LogP contribution < -0.4 is 9.47 Å². The van der Waals surface area contributed by atoms with Crippen LogP contribution in [0.1, 0.15) is 62.8 Å². The molecule has 2 aromatic rings. The van der Waals surface area contributed by atoms with E-state index in [9.17, 15) is 4.79 Å². The molecule has 0 aliphatic carbocycles. The second-order valence-corrected chi connectivity index (χ2v) is 8.19. The fourth-order valence-electron chi connectivity index (χ4n) is 3.00. The Morgan fingerprint density at radius 2 is 1.73 bits per heavy atom. The van der Waals surface area contributed by atoms with Crippen LogP contribution in [0.3, 0.4) is 0 Å². The number of carbonyl (C=O) groups excluding carboxylic acids is 1. The predicted molar refractivity (Wildman–Crippen MR) is 106 cm³/mol. The van der Waals surface area contributed by atoms with Crippen LogP contribution in [0.25, 0.3) is 0 Å². The molecule has 0 heterocycles. The molecule has 0 radical (unpaired) electrons. The van der Waals surface area contributed by atoms with E-state index < -0.39 is 5.97 Å². The summed E-state index contributed by atoms with van der Waals surface area (Å²) in [6.45, 7) is 14.6. The summed E-state index contributed by atoms with van der Waals surface area (Å²) in [5, 5.41) is 0. The van der Waals surface area contributed by atoms with Crippen molar-refractivity contribution in [2.75, 3.05) is 6.61 Å². The molecule has 0 N–H and O–H groups in total. The molecule has 3 nitrogen and oxygen atoms in total. The zero-order chi connectivity index (χ0) is 19.5. The van der Waals surface area contributed by atoms with Crippen molar-refractivity contribution in [1.29, 1.82) is 0 Å². The number of rotatable bonds is 5. The first-order chi connectivity index (χ1) is 12.1. The van der Waals surface area contributed by atoms with Crippen LogP contribution in [0, 0.1) is 13.8 Å². The highest BCUT2D eigenvalue weighted by atomic mass is 16.6. The van der Waals surface area contributed by atoms with Crippen LogP contribution in [-0.4, -0.2) is 12.6 Å². The number of ether oxygens (including phenoxy) is 2. The van der Waals surface area contributed by atoms with Crippen LogP contribution in [0.15, 0.2) is 36.4 Å². The van der Waals surface area contributed by atoms with Gasteiger partial charge in [-0.05, 0) is 54.5 Å². The lowest BCUT2D eigenvalue weighted by Crippen LogP contribution is -2.21. The zero-order valence-electron chi connectivity index (χ0n) is 17.0. The second-order valence-electron chi connectivity index (χ2n) is 8.19. The maximum atomic E-state index is 12.3. The second kappa shape index (κ2) is 7.94. The smallest absolute Gasteiger partial charge is 0.349 e. The number of esters is 1. The van der Waals surface area contributed by atoms with Crippen molar-refractivity contribution < 1.29 is 14.3 Å². The highest BCUT2D eigenvalue weighted by Gasteiger charge is 2.21. The summed E-state index contributed by atoms with van der Waals surface area (Å²) in [6.07, 6.45) is 0. The molecule has 0 unspecified atom stereocenters. The Kier molecular flexibility index (Phi) is 6.12. The van der Waals surface area contributed by atoms with Crippen LogP contribution >= 0.6 is 0 Å². The molecule has 0 aliphatic heterocycles. The van der Waals surface area contributed by atoms with Gasteiger partial charge in [0.1, 0.15) is 11.5 Å². The van der Waals surface area contributed by atoms with E-state index in [1.165, 1.54) is 11.1 Å². The number of carbonyl (C=O) groups is 1. The van der Waals surface area contributed by atoms with Crippen molar-refractivity contribution in [1.82, 2.24) is 0 Å². The molecule has 0 aliphatic rings. The van der Waals surface area contributed by atoms with Gasteiger partial charge in [-0.3, -0.25) is 0 Å². The third-order valence-electron chi connectivity index (χ3n) is 4.39. The highest BCUT2D eigenvalue weighted by molar-refractivity contribution is 5.74. The van der Waals surface area contributed by atoms with E-state index in [4.69, 9.17) is 9.47 Å². The van der Waals surface area contributed by atoms with Gasteiger partial charge in [0.25, 0.3) is 0 Å². The molecular formula is C23H30O3. The molecule has 0 amide bonds. The number of aryl methyl sites for hydroxylation is 2. The van der Waals surface area contributed by atoms with Gasteiger partial charge < -0.3 is 9.47 Å². The minimum absolute atomic E-state index is 0.105. The van der Waals surface area contributed by atoms with Gasteiger partial charge in [0.15, 0.2) is 6.61 Å². The summed E-state index contributed by atoms with van der Waals surface area (Å²) in [5.41, 5.74) is 4.51. The molecule has 2 aromatic carbocycles. The lowest BCUT2D eigenvalue weighted by atomic mass is 9.85. The maximum Gasteiger partial charge on any atom is 0.349 e. The van der Waals surface area contributed by atoms with Gasteiger partial charge in [0.05, 0.1) is 0 Å². The Bertz CT molecular complexity index is 783. The van der Waals surface area contributed by atoms with Crippen molar-refractivity contribution >= 4 is 5.97 Å². The van der Waals surface area contributed by atoms with Crippen molar-refractivity contribution in [3.63, 3.8) is 0 Å². The highest BCUT2D eigenvalue weighted by Crippen LogP contribution is 2.32. The third kappa shape index (κ3) is 5.10. The average molecular weight is 354 g/mol. The van der Waals surface area contributed by atoms with E-state index >= 15 is 0 Å². The van der Waals surface area contributed by atoms with Gasteiger partial charge in [0, 0.05) is 5.56 Å². The van der Waals surface area contributed by atoms with Crippen LogP contribution in [0.4, 0.5) is 0 Å². The van der Waals surface area contributed by atoms with Crippen LogP contribution in [0.2, 0.25) is 0 Å². The molecule has 0 spiro atoms. The number of hydrogen-bond acceptors (Lipinski definition) is 3. The topological polar surface area (TPSA) is 35.5 Å². The molecular weight excluding hydrogens is 324 g/mol. The Labute approximate surface area is 157 Å². The predicted octanol–water partition coefficient (Wildman–Crippen LogP) is 5.71. The minimum Gasteiger partial charge on any atom is -0.482 e. The third-order valence-corrected chi connectivity index (χ3v) is 4.39. The average Bonchev–Trinajstić information content (AvgIpc) is 2.53.